The van der Waals surface area contributed by atoms with E-state index in [1.165, 1.54) is 0 Å². The molecule has 0 aromatic heterocycles. The first-order valence-corrected chi connectivity index (χ1v) is 11.3. The molecular weight excluding hydrogens is 465 g/mol. The molecule has 0 saturated heterocycles. The highest BCUT2D eigenvalue weighted by Gasteiger charge is 2.42. The summed E-state index contributed by atoms with van der Waals surface area (Å²) >= 11 is 0. The van der Waals surface area contributed by atoms with Crippen molar-refractivity contribution in [3.8, 4) is 5.75 Å². The van der Waals surface area contributed by atoms with Crippen LogP contribution in [0.15, 0.2) is 24.3 Å². The van der Waals surface area contributed by atoms with E-state index in [9.17, 15) is 30.7 Å². The van der Waals surface area contributed by atoms with Crippen LogP contribution >= 0.6 is 0 Å². The van der Waals surface area contributed by atoms with Gasteiger partial charge in [0.2, 0.25) is 0 Å². The lowest BCUT2D eigenvalue weighted by atomic mass is 9.77. The molecular formula is C25H27F7O2. The first-order valence-electron chi connectivity index (χ1n) is 11.3. The molecule has 0 radical (unpaired) electrons. The average Bonchev–Trinajstić information content (AvgIpc) is 2.76. The molecule has 0 N–H and O–H groups in total. The van der Waals surface area contributed by atoms with E-state index in [-0.39, 0.29) is 23.6 Å². The Kier molecular flexibility index (Phi) is 8.84. The SMILES string of the molecule is COCCCCCC1CCC(c2cc(F)c(C(F)(F)Oc3cc(F)c(F)c(F)c3)c(F)c2)CC1. The van der Waals surface area contributed by atoms with E-state index in [4.69, 9.17) is 4.74 Å². The summed E-state index contributed by atoms with van der Waals surface area (Å²) in [5, 5.41) is 0. The van der Waals surface area contributed by atoms with Crippen molar-refractivity contribution in [1.29, 1.82) is 0 Å². The van der Waals surface area contributed by atoms with E-state index in [2.05, 4.69) is 4.74 Å². The smallest absolute Gasteiger partial charge is 0.429 e. The van der Waals surface area contributed by atoms with Crippen LogP contribution in [0.25, 0.3) is 0 Å². The van der Waals surface area contributed by atoms with Gasteiger partial charge < -0.3 is 9.47 Å². The zero-order valence-electron chi connectivity index (χ0n) is 18.8. The van der Waals surface area contributed by atoms with Gasteiger partial charge in [0.15, 0.2) is 17.5 Å². The van der Waals surface area contributed by atoms with Gasteiger partial charge in [0.05, 0.1) is 0 Å². The molecule has 0 heterocycles. The summed E-state index contributed by atoms with van der Waals surface area (Å²) in [7, 11) is 1.67. The van der Waals surface area contributed by atoms with Crippen LogP contribution in [0.5, 0.6) is 5.75 Å². The molecule has 0 bridgehead atoms. The fraction of sp³-hybridized carbons (Fsp3) is 0.520. The van der Waals surface area contributed by atoms with E-state index in [0.717, 1.165) is 57.3 Å². The fourth-order valence-electron chi connectivity index (χ4n) is 4.54. The van der Waals surface area contributed by atoms with Crippen LogP contribution in [0.3, 0.4) is 0 Å². The number of rotatable bonds is 10. The molecule has 2 nitrogen and oxygen atoms in total. The van der Waals surface area contributed by atoms with E-state index in [0.29, 0.717) is 18.8 Å². The van der Waals surface area contributed by atoms with Crippen LogP contribution in [-0.4, -0.2) is 13.7 Å². The summed E-state index contributed by atoms with van der Waals surface area (Å²) in [5.41, 5.74) is -1.39. The van der Waals surface area contributed by atoms with Gasteiger partial charge in [-0.25, -0.2) is 22.0 Å². The molecule has 0 unspecified atom stereocenters. The van der Waals surface area contributed by atoms with Crippen LogP contribution < -0.4 is 4.74 Å². The van der Waals surface area contributed by atoms with Crippen molar-refractivity contribution in [3.63, 3.8) is 0 Å². The Morgan fingerprint density at radius 2 is 1.38 bits per heavy atom. The largest absolute Gasteiger partial charge is 0.432 e. The quantitative estimate of drug-likeness (QED) is 0.190. The second kappa shape index (κ2) is 11.4. The number of methoxy groups -OCH3 is 1. The van der Waals surface area contributed by atoms with Gasteiger partial charge in [-0.2, -0.15) is 8.78 Å². The van der Waals surface area contributed by atoms with Crippen LogP contribution in [0, 0.1) is 35.0 Å². The van der Waals surface area contributed by atoms with Crippen molar-refractivity contribution in [1.82, 2.24) is 0 Å². The lowest BCUT2D eigenvalue weighted by Crippen LogP contribution is -2.26. The number of halogens is 7. The summed E-state index contributed by atoms with van der Waals surface area (Å²) in [6, 6.07) is 2.06. The minimum Gasteiger partial charge on any atom is -0.429 e. The number of alkyl halides is 2. The minimum absolute atomic E-state index is 0.155. The third-order valence-corrected chi connectivity index (χ3v) is 6.34. The molecule has 0 amide bonds. The van der Waals surface area contributed by atoms with Gasteiger partial charge in [0, 0.05) is 25.8 Å². The average molecular weight is 492 g/mol. The highest BCUT2D eigenvalue weighted by molar-refractivity contribution is 5.33. The lowest BCUT2D eigenvalue weighted by molar-refractivity contribution is -0.189. The van der Waals surface area contributed by atoms with Gasteiger partial charge in [-0.15, -0.1) is 0 Å². The molecule has 1 saturated carbocycles. The van der Waals surface area contributed by atoms with E-state index < -0.39 is 46.5 Å². The molecule has 3 rings (SSSR count). The zero-order chi connectivity index (χ0) is 24.9. The first kappa shape index (κ1) is 26.3. The zero-order valence-corrected chi connectivity index (χ0v) is 18.8. The topological polar surface area (TPSA) is 18.5 Å². The van der Waals surface area contributed by atoms with Gasteiger partial charge in [-0.05, 0) is 61.6 Å². The monoisotopic (exact) mass is 492 g/mol. The van der Waals surface area contributed by atoms with Crippen molar-refractivity contribution in [3.05, 3.63) is 64.5 Å². The van der Waals surface area contributed by atoms with Crippen LogP contribution in [0.1, 0.15) is 68.4 Å². The van der Waals surface area contributed by atoms with Crippen molar-refractivity contribution < 1.29 is 40.2 Å². The standard InChI is InChI=1S/C25H27F7O2/c1-33-10-4-2-3-5-15-6-8-16(9-7-15)17-11-19(26)23(20(27)12-17)25(31,32)34-18-13-21(28)24(30)22(29)14-18/h11-16H,2-10H2,1H3. The number of ether oxygens (including phenoxy) is 2. The predicted molar refractivity (Wildman–Crippen MR) is 112 cm³/mol. The Hall–Kier alpha value is -2.29. The molecule has 188 valence electrons. The fourth-order valence-corrected chi connectivity index (χ4v) is 4.54. The maximum Gasteiger partial charge on any atom is 0.432 e. The van der Waals surface area contributed by atoms with Gasteiger partial charge in [-0.1, -0.05) is 19.3 Å². The number of hydrogen-bond acceptors (Lipinski definition) is 2. The van der Waals surface area contributed by atoms with Crippen LogP contribution in [0.2, 0.25) is 0 Å². The lowest BCUT2D eigenvalue weighted by Gasteiger charge is -2.29. The molecule has 0 aliphatic heterocycles. The molecule has 2 aromatic rings. The Labute approximate surface area is 194 Å². The van der Waals surface area contributed by atoms with E-state index in [1.807, 2.05) is 0 Å². The van der Waals surface area contributed by atoms with Gasteiger partial charge >= 0.3 is 6.11 Å². The summed E-state index contributed by atoms with van der Waals surface area (Å²) in [5.74, 6) is -9.20. The molecule has 1 aliphatic rings. The first-order chi connectivity index (χ1) is 16.1. The summed E-state index contributed by atoms with van der Waals surface area (Å²) in [4.78, 5) is 0. The predicted octanol–water partition coefficient (Wildman–Crippen LogP) is 7.99. The summed E-state index contributed by atoms with van der Waals surface area (Å²) in [6.07, 6.45) is 2.85. The van der Waals surface area contributed by atoms with Gasteiger partial charge in [0.1, 0.15) is 22.9 Å². The maximum absolute atomic E-state index is 14.6. The second-order valence-electron chi connectivity index (χ2n) is 8.74. The Morgan fingerprint density at radius 3 is 1.94 bits per heavy atom. The summed E-state index contributed by atoms with van der Waals surface area (Å²) in [6.45, 7) is 0.738. The number of hydrogen-bond donors (Lipinski definition) is 0. The Morgan fingerprint density at radius 1 is 0.794 bits per heavy atom. The minimum atomic E-state index is -4.58. The van der Waals surface area contributed by atoms with Crippen molar-refractivity contribution >= 4 is 0 Å². The molecule has 2 aromatic carbocycles. The normalized spacial score (nSPS) is 18.8. The van der Waals surface area contributed by atoms with E-state index in [1.54, 1.807) is 7.11 Å². The van der Waals surface area contributed by atoms with Crippen molar-refractivity contribution in [2.75, 3.05) is 13.7 Å². The number of unbranched alkanes of at least 4 members (excludes halogenated alkanes) is 2. The second-order valence-corrected chi connectivity index (χ2v) is 8.74. The molecule has 1 aliphatic carbocycles. The third kappa shape index (κ3) is 6.43. The highest BCUT2D eigenvalue weighted by atomic mass is 19.3. The summed E-state index contributed by atoms with van der Waals surface area (Å²) < 4.78 is 107. The van der Waals surface area contributed by atoms with Crippen molar-refractivity contribution in [2.45, 2.75) is 63.4 Å². The van der Waals surface area contributed by atoms with Gasteiger partial charge in [0.25, 0.3) is 0 Å². The third-order valence-electron chi connectivity index (χ3n) is 6.34. The van der Waals surface area contributed by atoms with E-state index >= 15 is 0 Å². The molecule has 0 atom stereocenters. The van der Waals surface area contributed by atoms with Crippen molar-refractivity contribution in [2.24, 2.45) is 5.92 Å². The van der Waals surface area contributed by atoms with Crippen LogP contribution in [0.4, 0.5) is 30.7 Å². The maximum atomic E-state index is 14.6. The Balaban J connectivity index is 1.66. The highest BCUT2D eigenvalue weighted by Crippen LogP contribution is 2.41. The van der Waals surface area contributed by atoms with Gasteiger partial charge in [-0.3, -0.25) is 0 Å². The van der Waals surface area contributed by atoms with Crippen LogP contribution in [-0.2, 0) is 10.8 Å². The molecule has 9 heteroatoms. The Bertz CT molecular complexity index is 926. The molecule has 1 fully saturated rings. The number of benzene rings is 2. The molecule has 34 heavy (non-hydrogen) atoms. The molecule has 0 spiro atoms.